The van der Waals surface area contributed by atoms with Crippen LogP contribution in [0.15, 0.2) is 48.6 Å². The molecule has 0 aliphatic rings. The van der Waals surface area contributed by atoms with Crippen molar-refractivity contribution in [1.82, 2.24) is 0 Å². The van der Waals surface area contributed by atoms with Crippen LogP contribution in [0.5, 0.6) is 0 Å². The molecule has 0 aromatic heterocycles. The maximum absolute atomic E-state index is 12.1. The first-order valence-electron chi connectivity index (χ1n) is 19.0. The second-order valence-corrected chi connectivity index (χ2v) is 13.2. The van der Waals surface area contributed by atoms with Crippen molar-refractivity contribution in [2.24, 2.45) is 5.92 Å². The topological polar surface area (TPSA) is 89.9 Å². The van der Waals surface area contributed by atoms with Gasteiger partial charge in [0, 0.05) is 19.3 Å². The Balaban J connectivity index is 3.72. The van der Waals surface area contributed by atoms with Crippen LogP contribution < -0.4 is 0 Å². The molecule has 47 heavy (non-hydrogen) atoms. The summed E-state index contributed by atoms with van der Waals surface area (Å²) in [4.78, 5) is 35.8. The summed E-state index contributed by atoms with van der Waals surface area (Å²) in [7, 11) is 0. The molecule has 0 heterocycles. The number of ketones is 1. The van der Waals surface area contributed by atoms with Crippen molar-refractivity contribution < 1.29 is 29.0 Å². The Bertz CT molecular complexity index is 869. The third-order valence-corrected chi connectivity index (χ3v) is 8.03. The maximum atomic E-state index is 12.1. The molecule has 0 saturated heterocycles. The number of ether oxygens (including phenoxy) is 2. The number of allylic oxidation sites excluding steroid dienone is 8. The summed E-state index contributed by atoms with van der Waals surface area (Å²) in [5, 5.41) is 9.53. The molecule has 6 heteroatoms. The second kappa shape index (κ2) is 34.9. The number of aliphatic hydroxyl groups excluding tert-OH is 1. The van der Waals surface area contributed by atoms with Crippen molar-refractivity contribution in [3.8, 4) is 0 Å². The monoisotopic (exact) mass is 659 g/mol. The van der Waals surface area contributed by atoms with Gasteiger partial charge in [0.2, 0.25) is 0 Å². The largest absolute Gasteiger partial charge is 0.462 e. The van der Waals surface area contributed by atoms with E-state index < -0.39 is 6.10 Å². The van der Waals surface area contributed by atoms with Crippen molar-refractivity contribution in [2.75, 3.05) is 13.2 Å². The molecule has 0 saturated carbocycles. The van der Waals surface area contributed by atoms with Crippen molar-refractivity contribution in [3.63, 3.8) is 0 Å². The molecule has 6 nitrogen and oxygen atoms in total. The fourth-order valence-corrected chi connectivity index (χ4v) is 5.10. The Labute approximate surface area is 288 Å². The SMILES string of the molecule is CCCCCC(=O)/C=C/C=C\C/C=C\C/C=C\CCCC(=O)OC[C@H](CO)OC(=O)CCCCCCCCCCCCCCC(C)C. The van der Waals surface area contributed by atoms with E-state index in [1.807, 2.05) is 18.2 Å². The van der Waals surface area contributed by atoms with E-state index in [1.165, 1.54) is 64.2 Å². The van der Waals surface area contributed by atoms with Crippen molar-refractivity contribution in [2.45, 2.75) is 175 Å². The number of carbonyl (C=O) groups is 3. The molecule has 0 aromatic rings. The lowest BCUT2D eigenvalue weighted by Crippen LogP contribution is -2.28. The number of aliphatic hydroxyl groups is 1. The van der Waals surface area contributed by atoms with Crippen molar-refractivity contribution >= 4 is 17.7 Å². The molecule has 1 N–H and O–H groups in total. The smallest absolute Gasteiger partial charge is 0.306 e. The molecule has 0 bridgehead atoms. The first-order valence-corrected chi connectivity index (χ1v) is 19.0. The first kappa shape index (κ1) is 44.5. The van der Waals surface area contributed by atoms with Gasteiger partial charge in [0.1, 0.15) is 6.61 Å². The van der Waals surface area contributed by atoms with Gasteiger partial charge in [-0.15, -0.1) is 0 Å². The van der Waals surface area contributed by atoms with Crippen LogP contribution >= 0.6 is 0 Å². The molecular formula is C41H70O6. The Morgan fingerprint density at radius 1 is 0.617 bits per heavy atom. The van der Waals surface area contributed by atoms with Gasteiger partial charge in [0.05, 0.1) is 6.61 Å². The van der Waals surface area contributed by atoms with Crippen LogP contribution in [0.2, 0.25) is 0 Å². The number of unbranched alkanes of at least 4 members (excludes halogenated alkanes) is 14. The Morgan fingerprint density at radius 2 is 1.17 bits per heavy atom. The predicted molar refractivity (Wildman–Crippen MR) is 196 cm³/mol. The maximum Gasteiger partial charge on any atom is 0.306 e. The molecule has 0 fully saturated rings. The van der Waals surface area contributed by atoms with Gasteiger partial charge < -0.3 is 14.6 Å². The molecule has 0 amide bonds. The number of hydrogen-bond acceptors (Lipinski definition) is 6. The summed E-state index contributed by atoms with van der Waals surface area (Å²) in [5.41, 5.74) is 0. The summed E-state index contributed by atoms with van der Waals surface area (Å²) in [6, 6.07) is 0. The van der Waals surface area contributed by atoms with Crippen LogP contribution in [0, 0.1) is 5.92 Å². The van der Waals surface area contributed by atoms with Gasteiger partial charge in [0.25, 0.3) is 0 Å². The van der Waals surface area contributed by atoms with E-state index in [2.05, 4.69) is 45.1 Å². The molecule has 0 aromatic carbocycles. The first-order chi connectivity index (χ1) is 22.9. The molecule has 1 atom stereocenters. The molecular weight excluding hydrogens is 588 g/mol. The van der Waals surface area contributed by atoms with E-state index in [4.69, 9.17) is 9.47 Å². The quantitative estimate of drug-likeness (QED) is 0.0248. The second-order valence-electron chi connectivity index (χ2n) is 13.2. The Morgan fingerprint density at radius 3 is 1.79 bits per heavy atom. The highest BCUT2D eigenvalue weighted by Crippen LogP contribution is 2.15. The highest BCUT2D eigenvalue weighted by atomic mass is 16.6. The average molecular weight is 659 g/mol. The van der Waals surface area contributed by atoms with E-state index in [0.29, 0.717) is 19.3 Å². The summed E-state index contributed by atoms with van der Waals surface area (Å²) >= 11 is 0. The summed E-state index contributed by atoms with van der Waals surface area (Å²) in [5.74, 6) is 0.327. The highest BCUT2D eigenvalue weighted by Gasteiger charge is 2.16. The minimum Gasteiger partial charge on any atom is -0.462 e. The predicted octanol–water partition coefficient (Wildman–Crippen LogP) is 10.9. The zero-order chi connectivity index (χ0) is 34.6. The van der Waals surface area contributed by atoms with Gasteiger partial charge >= 0.3 is 11.9 Å². The fourth-order valence-electron chi connectivity index (χ4n) is 5.10. The van der Waals surface area contributed by atoms with E-state index in [1.54, 1.807) is 6.08 Å². The lowest BCUT2D eigenvalue weighted by atomic mass is 10.0. The molecule has 270 valence electrons. The van der Waals surface area contributed by atoms with Gasteiger partial charge in [-0.25, -0.2) is 0 Å². The van der Waals surface area contributed by atoms with Crippen LogP contribution in [0.3, 0.4) is 0 Å². The highest BCUT2D eigenvalue weighted by molar-refractivity contribution is 5.89. The van der Waals surface area contributed by atoms with Crippen molar-refractivity contribution in [1.29, 1.82) is 0 Å². The molecule has 0 aliphatic carbocycles. The molecule has 0 rings (SSSR count). The van der Waals surface area contributed by atoms with Crippen LogP contribution in [0.1, 0.15) is 168 Å². The third-order valence-electron chi connectivity index (χ3n) is 8.03. The summed E-state index contributed by atoms with van der Waals surface area (Å²) < 4.78 is 10.5. The van der Waals surface area contributed by atoms with Gasteiger partial charge in [-0.2, -0.15) is 0 Å². The van der Waals surface area contributed by atoms with Crippen LogP contribution in [-0.2, 0) is 23.9 Å². The Hall–Kier alpha value is -2.47. The van der Waals surface area contributed by atoms with E-state index in [9.17, 15) is 19.5 Å². The summed E-state index contributed by atoms with van der Waals surface area (Å²) in [6.45, 7) is 6.26. The minimum absolute atomic E-state index is 0.112. The van der Waals surface area contributed by atoms with E-state index >= 15 is 0 Å². The summed E-state index contributed by atoms with van der Waals surface area (Å²) in [6.07, 6.45) is 38.7. The lowest BCUT2D eigenvalue weighted by Gasteiger charge is -2.15. The molecule has 0 aliphatic heterocycles. The van der Waals surface area contributed by atoms with Gasteiger partial charge in [-0.1, -0.05) is 153 Å². The molecule has 0 spiro atoms. The van der Waals surface area contributed by atoms with Crippen LogP contribution in [0.25, 0.3) is 0 Å². The van der Waals surface area contributed by atoms with Crippen LogP contribution in [0.4, 0.5) is 0 Å². The fraction of sp³-hybridized carbons (Fsp3) is 0.732. The third kappa shape index (κ3) is 34.7. The zero-order valence-corrected chi connectivity index (χ0v) is 30.4. The van der Waals surface area contributed by atoms with Crippen molar-refractivity contribution in [3.05, 3.63) is 48.6 Å². The zero-order valence-electron chi connectivity index (χ0n) is 30.4. The van der Waals surface area contributed by atoms with Gasteiger partial charge in [-0.05, 0) is 50.5 Å². The Kier molecular flexibility index (Phi) is 33.0. The van der Waals surface area contributed by atoms with E-state index in [0.717, 1.165) is 63.7 Å². The van der Waals surface area contributed by atoms with Gasteiger partial charge in [0.15, 0.2) is 11.9 Å². The number of rotatable bonds is 33. The number of carbonyl (C=O) groups excluding carboxylic acids is 3. The number of hydrogen-bond donors (Lipinski definition) is 1. The standard InChI is InChI=1S/C41H70O6/c1-4-5-25-31-38(43)32-27-22-18-14-10-8-12-15-19-23-28-33-40(44)46-36-39(35-42)47-41(45)34-29-24-20-16-11-7-6-9-13-17-21-26-30-37(2)3/h8,10,15,18-19,22,27,32,37,39,42H,4-7,9,11-14,16-17,20-21,23-26,28-31,33-36H2,1-3H3/b10-8-,19-15-,22-18-,32-27+/t39-/m0/s1. The lowest BCUT2D eigenvalue weighted by molar-refractivity contribution is -0.161. The number of esters is 2. The molecule has 0 unspecified atom stereocenters. The van der Waals surface area contributed by atoms with Crippen LogP contribution in [-0.4, -0.2) is 42.1 Å². The van der Waals surface area contributed by atoms with Gasteiger partial charge in [-0.3, -0.25) is 14.4 Å². The minimum atomic E-state index is -0.808. The normalized spacial score (nSPS) is 12.7. The average Bonchev–Trinajstić information content (AvgIpc) is 3.05. The molecule has 0 radical (unpaired) electrons. The van der Waals surface area contributed by atoms with E-state index in [-0.39, 0.29) is 37.4 Å².